The number of pyridine rings is 1. The summed E-state index contributed by atoms with van der Waals surface area (Å²) in [6.07, 6.45) is -3.23. The van der Waals surface area contributed by atoms with Gasteiger partial charge in [-0.3, -0.25) is 14.6 Å². The van der Waals surface area contributed by atoms with E-state index in [0.29, 0.717) is 33.4 Å². The highest BCUT2D eigenvalue weighted by molar-refractivity contribution is 6.00. The first-order chi connectivity index (χ1) is 22.3. The van der Waals surface area contributed by atoms with Crippen molar-refractivity contribution in [3.05, 3.63) is 102 Å². The molecule has 2 amide bonds. The van der Waals surface area contributed by atoms with Crippen LogP contribution < -0.4 is 15.4 Å². The second-order valence-corrected chi connectivity index (χ2v) is 11.9. The summed E-state index contributed by atoms with van der Waals surface area (Å²) in [6.45, 7) is 7.48. The third kappa shape index (κ3) is 6.84. The molecule has 11 heteroatoms. The summed E-state index contributed by atoms with van der Waals surface area (Å²) in [6, 6.07) is 20.9. The average molecular weight is 640 g/mol. The summed E-state index contributed by atoms with van der Waals surface area (Å²) < 4.78 is 48.7. The lowest BCUT2D eigenvalue weighted by molar-refractivity contribution is -0.137. The van der Waals surface area contributed by atoms with Crippen molar-refractivity contribution in [1.82, 2.24) is 25.6 Å². The Morgan fingerprint density at radius 1 is 0.702 bits per heavy atom. The highest BCUT2D eigenvalue weighted by Crippen LogP contribution is 2.40. The van der Waals surface area contributed by atoms with Gasteiger partial charge in [-0.05, 0) is 94.4 Å². The van der Waals surface area contributed by atoms with Crippen LogP contribution in [0.1, 0.15) is 54.0 Å². The summed E-state index contributed by atoms with van der Waals surface area (Å²) >= 11 is 0. The minimum absolute atomic E-state index is 0.00260. The predicted octanol–water partition coefficient (Wildman–Crippen LogP) is 8.47. The van der Waals surface area contributed by atoms with E-state index in [2.05, 4.69) is 25.6 Å². The SMILES string of the molecule is CC(C)NC(=O)c1ccc2cc(-c3ccc(Oc4ccc(-c5cc6ccc(C(=O)NC(C)C)cc6[nH]5)c(C(F)(F)F)c4)cn3)[nH]c2c1. The summed E-state index contributed by atoms with van der Waals surface area (Å²) in [5.74, 6) is -0.170. The van der Waals surface area contributed by atoms with Gasteiger partial charge in [0.15, 0.2) is 0 Å². The number of amides is 2. The van der Waals surface area contributed by atoms with Gasteiger partial charge in [-0.15, -0.1) is 0 Å². The molecule has 0 aliphatic carbocycles. The molecule has 0 fully saturated rings. The van der Waals surface area contributed by atoms with Crippen LogP contribution in [0.4, 0.5) is 13.2 Å². The van der Waals surface area contributed by atoms with Crippen molar-refractivity contribution in [2.75, 3.05) is 0 Å². The molecule has 0 radical (unpaired) electrons. The molecular weight excluding hydrogens is 607 g/mol. The van der Waals surface area contributed by atoms with Crippen LogP contribution in [0.2, 0.25) is 0 Å². The Morgan fingerprint density at radius 2 is 1.26 bits per heavy atom. The molecule has 0 saturated carbocycles. The van der Waals surface area contributed by atoms with Gasteiger partial charge in [0.05, 0.1) is 23.1 Å². The summed E-state index contributed by atoms with van der Waals surface area (Å²) in [7, 11) is 0. The lowest BCUT2D eigenvalue weighted by atomic mass is 10.0. The van der Waals surface area contributed by atoms with Gasteiger partial charge in [-0.2, -0.15) is 13.2 Å². The van der Waals surface area contributed by atoms with E-state index in [1.807, 2.05) is 39.8 Å². The molecule has 0 saturated heterocycles. The molecule has 8 nitrogen and oxygen atoms in total. The zero-order valence-corrected chi connectivity index (χ0v) is 26.0. The molecule has 0 spiro atoms. The molecule has 0 aliphatic heterocycles. The van der Waals surface area contributed by atoms with E-state index >= 15 is 0 Å². The summed E-state index contributed by atoms with van der Waals surface area (Å²) in [5, 5.41) is 7.25. The van der Waals surface area contributed by atoms with Crippen LogP contribution in [0.15, 0.2) is 85.1 Å². The molecular formula is C36H32F3N5O3. The van der Waals surface area contributed by atoms with Crippen LogP contribution in [0.3, 0.4) is 0 Å². The largest absolute Gasteiger partial charge is 0.456 e. The molecule has 0 atom stereocenters. The van der Waals surface area contributed by atoms with Gasteiger partial charge >= 0.3 is 6.18 Å². The van der Waals surface area contributed by atoms with E-state index < -0.39 is 11.7 Å². The van der Waals surface area contributed by atoms with Crippen molar-refractivity contribution in [3.63, 3.8) is 0 Å². The normalized spacial score (nSPS) is 11.9. The first-order valence-corrected chi connectivity index (χ1v) is 15.1. The molecule has 0 aliphatic rings. The maximum Gasteiger partial charge on any atom is 0.417 e. The first-order valence-electron chi connectivity index (χ1n) is 15.1. The number of hydrogen-bond acceptors (Lipinski definition) is 4. The number of aromatic nitrogens is 3. The molecule has 0 unspecified atom stereocenters. The Morgan fingerprint density at radius 3 is 1.79 bits per heavy atom. The number of carbonyl (C=O) groups excluding carboxylic acids is 2. The van der Waals surface area contributed by atoms with E-state index in [9.17, 15) is 22.8 Å². The second kappa shape index (κ2) is 12.3. The lowest BCUT2D eigenvalue weighted by Gasteiger charge is -2.14. The minimum Gasteiger partial charge on any atom is -0.456 e. The Kier molecular flexibility index (Phi) is 8.23. The van der Waals surface area contributed by atoms with Gasteiger partial charge in [-0.25, -0.2) is 0 Å². The number of hydrogen-bond donors (Lipinski definition) is 4. The van der Waals surface area contributed by atoms with Crippen LogP contribution in [0.25, 0.3) is 44.5 Å². The predicted molar refractivity (Wildman–Crippen MR) is 176 cm³/mol. The van der Waals surface area contributed by atoms with E-state index in [4.69, 9.17) is 4.74 Å². The number of nitrogens with one attached hydrogen (secondary N) is 4. The molecule has 6 aromatic rings. The van der Waals surface area contributed by atoms with Gasteiger partial charge in [0.1, 0.15) is 11.5 Å². The van der Waals surface area contributed by atoms with E-state index in [-0.39, 0.29) is 46.7 Å². The Labute approximate surface area is 268 Å². The topological polar surface area (TPSA) is 112 Å². The maximum absolute atomic E-state index is 14.3. The Hall–Kier alpha value is -5.58. The molecule has 4 N–H and O–H groups in total. The number of carbonyl (C=O) groups is 2. The van der Waals surface area contributed by atoms with Crippen molar-refractivity contribution in [1.29, 1.82) is 0 Å². The maximum atomic E-state index is 14.3. The molecule has 47 heavy (non-hydrogen) atoms. The number of H-pyrrole nitrogens is 2. The number of rotatable bonds is 8. The average Bonchev–Trinajstić information content (AvgIpc) is 3.64. The smallest absolute Gasteiger partial charge is 0.417 e. The fraction of sp³-hybridized carbons (Fsp3) is 0.194. The second-order valence-electron chi connectivity index (χ2n) is 11.9. The lowest BCUT2D eigenvalue weighted by Crippen LogP contribution is -2.29. The Balaban J connectivity index is 1.23. The standard InChI is InChI=1S/C36H32F3N5O3/c1-19(2)41-34(45)23-7-5-21-13-32(43-30(21)15-23)27-11-9-25(17-28(27)36(37,38)39)47-26-10-12-29(40-18-26)33-14-22-6-8-24(16-31(22)44-33)35(46)42-20(3)4/h5-20,43-44H,1-4H3,(H,41,45)(H,42,46). The highest BCUT2D eigenvalue weighted by Gasteiger charge is 2.35. The molecule has 0 bridgehead atoms. The van der Waals surface area contributed by atoms with Crippen molar-refractivity contribution in [2.45, 2.75) is 46.0 Å². The monoisotopic (exact) mass is 639 g/mol. The molecule has 3 heterocycles. The summed E-state index contributed by atoms with van der Waals surface area (Å²) in [4.78, 5) is 35.6. The zero-order chi connectivity index (χ0) is 33.5. The first kappa shape index (κ1) is 31.4. The van der Waals surface area contributed by atoms with Gasteiger partial charge < -0.3 is 25.3 Å². The van der Waals surface area contributed by atoms with E-state index in [0.717, 1.165) is 17.0 Å². The molecule has 3 aromatic heterocycles. The third-order valence-electron chi connectivity index (χ3n) is 7.44. The van der Waals surface area contributed by atoms with Crippen LogP contribution in [0, 0.1) is 0 Å². The fourth-order valence-electron chi connectivity index (χ4n) is 5.30. The van der Waals surface area contributed by atoms with Gasteiger partial charge in [0, 0.05) is 56.3 Å². The molecule has 240 valence electrons. The van der Waals surface area contributed by atoms with E-state index in [1.54, 1.807) is 48.5 Å². The van der Waals surface area contributed by atoms with Crippen molar-refractivity contribution < 1.29 is 27.5 Å². The summed E-state index contributed by atoms with van der Waals surface area (Å²) in [5.41, 5.74) is 2.90. The number of benzene rings is 3. The quantitative estimate of drug-likeness (QED) is 0.134. The van der Waals surface area contributed by atoms with Gasteiger partial charge in [-0.1, -0.05) is 12.1 Å². The van der Waals surface area contributed by atoms with Crippen molar-refractivity contribution >= 4 is 33.6 Å². The van der Waals surface area contributed by atoms with Crippen LogP contribution in [-0.4, -0.2) is 38.8 Å². The van der Waals surface area contributed by atoms with Crippen LogP contribution >= 0.6 is 0 Å². The number of nitrogens with zero attached hydrogens (tertiary/aromatic N) is 1. The van der Waals surface area contributed by atoms with Crippen molar-refractivity contribution in [2.24, 2.45) is 0 Å². The van der Waals surface area contributed by atoms with E-state index in [1.165, 1.54) is 18.3 Å². The third-order valence-corrected chi connectivity index (χ3v) is 7.44. The van der Waals surface area contributed by atoms with Crippen LogP contribution in [-0.2, 0) is 6.18 Å². The molecule has 6 rings (SSSR count). The zero-order valence-electron chi connectivity index (χ0n) is 26.0. The van der Waals surface area contributed by atoms with Gasteiger partial charge in [0.2, 0.25) is 0 Å². The Bertz CT molecular complexity index is 2110. The minimum atomic E-state index is -4.67. The highest BCUT2D eigenvalue weighted by atomic mass is 19.4. The van der Waals surface area contributed by atoms with Gasteiger partial charge in [0.25, 0.3) is 11.8 Å². The van der Waals surface area contributed by atoms with Crippen LogP contribution in [0.5, 0.6) is 11.5 Å². The number of halogens is 3. The number of aromatic amines is 2. The number of fused-ring (bicyclic) bond motifs is 2. The fourth-order valence-corrected chi connectivity index (χ4v) is 5.30. The number of alkyl halides is 3. The van der Waals surface area contributed by atoms with Crippen molar-refractivity contribution in [3.8, 4) is 34.1 Å². The number of ether oxygens (including phenoxy) is 1. The molecule has 3 aromatic carbocycles.